The van der Waals surface area contributed by atoms with Gasteiger partial charge < -0.3 is 15.3 Å². The first kappa shape index (κ1) is 14.7. The summed E-state index contributed by atoms with van der Waals surface area (Å²) in [6.07, 6.45) is 0. The SMILES string of the molecule is O=C(O)c1ccccc1-c1cc(O)ccc1-c1ccc(O)cc1. The van der Waals surface area contributed by atoms with Gasteiger partial charge in [-0.1, -0.05) is 36.4 Å². The Morgan fingerprint density at radius 2 is 1.35 bits per heavy atom. The van der Waals surface area contributed by atoms with Gasteiger partial charge in [0.15, 0.2) is 0 Å². The Labute approximate surface area is 132 Å². The molecule has 0 aliphatic rings. The number of aromatic carboxylic acids is 1. The predicted octanol–water partition coefficient (Wildman–Crippen LogP) is 4.13. The van der Waals surface area contributed by atoms with Crippen LogP contribution in [0, 0.1) is 0 Å². The molecular formula is C19H14O4. The van der Waals surface area contributed by atoms with Crippen molar-refractivity contribution in [3.8, 4) is 33.8 Å². The van der Waals surface area contributed by atoms with Gasteiger partial charge in [-0.3, -0.25) is 0 Å². The third-order valence-electron chi connectivity index (χ3n) is 3.63. The van der Waals surface area contributed by atoms with Crippen LogP contribution in [0.15, 0.2) is 66.7 Å². The molecule has 0 spiro atoms. The molecule has 3 aromatic carbocycles. The van der Waals surface area contributed by atoms with E-state index in [-0.39, 0.29) is 17.1 Å². The summed E-state index contributed by atoms with van der Waals surface area (Å²) in [5.41, 5.74) is 2.90. The van der Waals surface area contributed by atoms with Crippen molar-refractivity contribution in [1.29, 1.82) is 0 Å². The number of carbonyl (C=O) groups is 1. The van der Waals surface area contributed by atoms with E-state index in [0.717, 1.165) is 11.1 Å². The minimum absolute atomic E-state index is 0.0581. The number of carboxylic acids is 1. The van der Waals surface area contributed by atoms with Crippen LogP contribution >= 0.6 is 0 Å². The monoisotopic (exact) mass is 306 g/mol. The zero-order valence-electron chi connectivity index (χ0n) is 12.1. The van der Waals surface area contributed by atoms with Gasteiger partial charge in [0.25, 0.3) is 0 Å². The number of phenols is 2. The van der Waals surface area contributed by atoms with Crippen molar-refractivity contribution < 1.29 is 20.1 Å². The summed E-state index contributed by atoms with van der Waals surface area (Å²) in [7, 11) is 0. The normalized spacial score (nSPS) is 10.4. The molecule has 0 saturated carbocycles. The first-order chi connectivity index (χ1) is 11.1. The molecule has 3 aromatic rings. The Balaban J connectivity index is 2.26. The fourth-order valence-corrected chi connectivity index (χ4v) is 2.55. The lowest BCUT2D eigenvalue weighted by molar-refractivity contribution is 0.0697. The number of rotatable bonds is 3. The molecule has 0 amide bonds. The van der Waals surface area contributed by atoms with Gasteiger partial charge in [0.05, 0.1) is 5.56 Å². The highest BCUT2D eigenvalue weighted by atomic mass is 16.4. The molecule has 0 aliphatic heterocycles. The fourth-order valence-electron chi connectivity index (χ4n) is 2.55. The van der Waals surface area contributed by atoms with Crippen molar-refractivity contribution in [2.45, 2.75) is 0 Å². The van der Waals surface area contributed by atoms with Crippen molar-refractivity contribution in [3.05, 3.63) is 72.3 Å². The van der Waals surface area contributed by atoms with Gasteiger partial charge in [0.2, 0.25) is 0 Å². The van der Waals surface area contributed by atoms with Crippen LogP contribution in [0.1, 0.15) is 10.4 Å². The Hall–Kier alpha value is -3.27. The molecule has 0 atom stereocenters. The van der Waals surface area contributed by atoms with Crippen molar-refractivity contribution in [1.82, 2.24) is 0 Å². The maximum Gasteiger partial charge on any atom is 0.336 e. The summed E-state index contributed by atoms with van der Waals surface area (Å²) in [6.45, 7) is 0. The first-order valence-corrected chi connectivity index (χ1v) is 7.01. The molecule has 0 aromatic heterocycles. The van der Waals surface area contributed by atoms with Crippen LogP contribution in [0.3, 0.4) is 0 Å². The van der Waals surface area contributed by atoms with Crippen LogP contribution in [-0.4, -0.2) is 21.3 Å². The zero-order valence-corrected chi connectivity index (χ0v) is 12.1. The van der Waals surface area contributed by atoms with Crippen LogP contribution < -0.4 is 0 Å². The van der Waals surface area contributed by atoms with Crippen LogP contribution in [0.4, 0.5) is 0 Å². The Bertz CT molecular complexity index is 867. The number of carboxylic acid groups (broad SMARTS) is 1. The van der Waals surface area contributed by atoms with Crippen molar-refractivity contribution in [3.63, 3.8) is 0 Å². The molecule has 0 fully saturated rings. The van der Waals surface area contributed by atoms with Gasteiger partial charge >= 0.3 is 5.97 Å². The zero-order chi connectivity index (χ0) is 16.4. The second-order valence-electron chi connectivity index (χ2n) is 5.13. The lowest BCUT2D eigenvalue weighted by atomic mass is 9.91. The van der Waals surface area contributed by atoms with E-state index in [9.17, 15) is 20.1 Å². The largest absolute Gasteiger partial charge is 0.508 e. The Morgan fingerprint density at radius 3 is 2.04 bits per heavy atom. The Kier molecular flexibility index (Phi) is 3.73. The smallest absolute Gasteiger partial charge is 0.336 e. The van der Waals surface area contributed by atoms with Gasteiger partial charge in [0, 0.05) is 0 Å². The van der Waals surface area contributed by atoms with E-state index in [4.69, 9.17) is 0 Å². The van der Waals surface area contributed by atoms with E-state index in [1.807, 2.05) is 0 Å². The van der Waals surface area contributed by atoms with E-state index in [2.05, 4.69) is 0 Å². The van der Waals surface area contributed by atoms with E-state index in [1.54, 1.807) is 60.7 Å². The van der Waals surface area contributed by atoms with Gasteiger partial charge in [-0.25, -0.2) is 4.79 Å². The second kappa shape index (κ2) is 5.85. The molecule has 0 unspecified atom stereocenters. The van der Waals surface area contributed by atoms with Crippen molar-refractivity contribution >= 4 is 5.97 Å². The molecule has 114 valence electrons. The Morgan fingerprint density at radius 1 is 0.696 bits per heavy atom. The van der Waals surface area contributed by atoms with Gasteiger partial charge in [-0.2, -0.15) is 0 Å². The summed E-state index contributed by atoms with van der Waals surface area (Å²) in [4.78, 5) is 11.5. The van der Waals surface area contributed by atoms with Crippen molar-refractivity contribution in [2.24, 2.45) is 0 Å². The van der Waals surface area contributed by atoms with E-state index < -0.39 is 5.97 Å². The van der Waals surface area contributed by atoms with Crippen LogP contribution in [-0.2, 0) is 0 Å². The van der Waals surface area contributed by atoms with Crippen LogP contribution in [0.5, 0.6) is 11.5 Å². The number of benzene rings is 3. The molecule has 3 rings (SSSR count). The summed E-state index contributed by atoms with van der Waals surface area (Å²) in [5, 5.41) is 28.7. The first-order valence-electron chi connectivity index (χ1n) is 7.01. The molecule has 23 heavy (non-hydrogen) atoms. The summed E-state index contributed by atoms with van der Waals surface area (Å²) in [5.74, 6) is -0.816. The van der Waals surface area contributed by atoms with Gasteiger partial charge in [-0.15, -0.1) is 0 Å². The topological polar surface area (TPSA) is 77.8 Å². The molecule has 3 N–H and O–H groups in total. The second-order valence-corrected chi connectivity index (χ2v) is 5.13. The number of hydrogen-bond donors (Lipinski definition) is 3. The minimum atomic E-state index is -1.03. The molecule has 4 heteroatoms. The lowest BCUT2D eigenvalue weighted by Crippen LogP contribution is -1.99. The molecule has 0 bridgehead atoms. The third kappa shape index (κ3) is 2.87. The maximum absolute atomic E-state index is 11.5. The van der Waals surface area contributed by atoms with Gasteiger partial charge in [-0.05, 0) is 52.6 Å². The average Bonchev–Trinajstić information content (AvgIpc) is 2.56. The molecular weight excluding hydrogens is 292 g/mol. The molecule has 0 radical (unpaired) electrons. The maximum atomic E-state index is 11.5. The van der Waals surface area contributed by atoms with E-state index in [1.165, 1.54) is 6.07 Å². The van der Waals surface area contributed by atoms with Gasteiger partial charge in [0.1, 0.15) is 11.5 Å². The average molecular weight is 306 g/mol. The summed E-state index contributed by atoms with van der Waals surface area (Å²) < 4.78 is 0. The number of hydrogen-bond acceptors (Lipinski definition) is 3. The summed E-state index contributed by atoms with van der Waals surface area (Å²) >= 11 is 0. The highest BCUT2D eigenvalue weighted by Crippen LogP contribution is 2.36. The number of aromatic hydroxyl groups is 2. The number of phenolic OH excluding ortho intramolecular Hbond substituents is 2. The quantitative estimate of drug-likeness (QED) is 0.680. The lowest BCUT2D eigenvalue weighted by Gasteiger charge is -2.13. The van der Waals surface area contributed by atoms with E-state index >= 15 is 0 Å². The molecule has 4 nitrogen and oxygen atoms in total. The summed E-state index contributed by atoms with van der Waals surface area (Å²) in [6, 6.07) is 18.1. The standard InChI is InChI=1S/C19H14O4/c20-13-7-5-12(6-8-13)15-10-9-14(21)11-18(15)16-3-1-2-4-17(16)19(22)23/h1-11,20-21H,(H,22,23). The van der Waals surface area contributed by atoms with Crippen LogP contribution in [0.2, 0.25) is 0 Å². The third-order valence-corrected chi connectivity index (χ3v) is 3.63. The van der Waals surface area contributed by atoms with Crippen molar-refractivity contribution in [2.75, 3.05) is 0 Å². The minimum Gasteiger partial charge on any atom is -0.508 e. The molecule has 0 saturated heterocycles. The highest BCUT2D eigenvalue weighted by molar-refractivity contribution is 5.99. The van der Waals surface area contributed by atoms with E-state index in [0.29, 0.717) is 11.1 Å². The molecule has 0 aliphatic carbocycles. The molecule has 0 heterocycles. The van der Waals surface area contributed by atoms with Crippen LogP contribution in [0.25, 0.3) is 22.3 Å². The highest BCUT2D eigenvalue weighted by Gasteiger charge is 2.15. The predicted molar refractivity (Wildman–Crippen MR) is 87.6 cm³/mol. The fraction of sp³-hybridized carbons (Fsp3) is 0.